The number of anilines is 1. The minimum absolute atomic E-state index is 0.347. The van der Waals surface area contributed by atoms with Crippen molar-refractivity contribution in [1.82, 2.24) is 14.5 Å². The summed E-state index contributed by atoms with van der Waals surface area (Å²) in [5, 5.41) is 9.34. The maximum absolute atomic E-state index is 12.9. The molecule has 2 aromatic carbocycles. The van der Waals surface area contributed by atoms with E-state index in [-0.39, 0.29) is 0 Å². The summed E-state index contributed by atoms with van der Waals surface area (Å²) in [6.45, 7) is 4.02. The van der Waals surface area contributed by atoms with E-state index in [9.17, 15) is 8.42 Å². The lowest BCUT2D eigenvalue weighted by molar-refractivity contribution is 0.383. The zero-order chi connectivity index (χ0) is 21.1. The van der Waals surface area contributed by atoms with E-state index < -0.39 is 10.0 Å². The van der Waals surface area contributed by atoms with Crippen LogP contribution < -0.4 is 4.90 Å². The molecule has 1 saturated heterocycles. The monoisotopic (exact) mass is 442 g/mol. The van der Waals surface area contributed by atoms with Crippen LogP contribution in [0.15, 0.2) is 65.6 Å². The van der Waals surface area contributed by atoms with Crippen LogP contribution in [0.3, 0.4) is 0 Å². The average Bonchev–Trinajstić information content (AvgIpc) is 2.80. The molecule has 0 spiro atoms. The van der Waals surface area contributed by atoms with Gasteiger partial charge in [0.15, 0.2) is 5.82 Å². The van der Waals surface area contributed by atoms with Crippen molar-refractivity contribution in [3.8, 4) is 11.3 Å². The van der Waals surface area contributed by atoms with Gasteiger partial charge in [-0.25, -0.2) is 8.42 Å². The molecule has 6 nitrogen and oxygen atoms in total. The summed E-state index contributed by atoms with van der Waals surface area (Å²) in [7, 11) is -3.48. The molecule has 1 aliphatic heterocycles. The van der Waals surface area contributed by atoms with Crippen molar-refractivity contribution in [1.29, 1.82) is 0 Å². The molecular formula is C22H23ClN4O2S. The van der Waals surface area contributed by atoms with E-state index in [0.717, 1.165) is 29.1 Å². The molecule has 1 aliphatic rings. The Labute approximate surface area is 182 Å². The fraction of sp³-hybridized carbons (Fsp3) is 0.273. The van der Waals surface area contributed by atoms with Gasteiger partial charge in [0.2, 0.25) is 10.0 Å². The summed E-state index contributed by atoms with van der Waals surface area (Å²) in [4.78, 5) is 2.41. The molecule has 2 heterocycles. The summed E-state index contributed by atoms with van der Waals surface area (Å²) in [6.07, 6.45) is 0.886. The molecule has 0 N–H and O–H groups in total. The van der Waals surface area contributed by atoms with Crippen LogP contribution in [0.1, 0.15) is 12.5 Å². The SMILES string of the molecule is CCc1ccc(S(=O)(=O)N2CCN(c3ccc(-c4ccc(Cl)cc4)nn3)CC2)cc1. The van der Waals surface area contributed by atoms with Gasteiger partial charge in [0.1, 0.15) is 0 Å². The number of rotatable bonds is 5. The average molecular weight is 443 g/mol. The second kappa shape index (κ2) is 8.71. The van der Waals surface area contributed by atoms with E-state index in [0.29, 0.717) is 36.1 Å². The first-order valence-corrected chi connectivity index (χ1v) is 11.7. The second-order valence-electron chi connectivity index (χ2n) is 7.17. The van der Waals surface area contributed by atoms with Gasteiger partial charge in [0, 0.05) is 36.8 Å². The Bertz CT molecular complexity index is 1090. The van der Waals surface area contributed by atoms with Crippen LogP contribution in [0, 0.1) is 0 Å². The molecule has 156 valence electrons. The van der Waals surface area contributed by atoms with Gasteiger partial charge in [-0.2, -0.15) is 4.31 Å². The third kappa shape index (κ3) is 4.33. The number of hydrogen-bond acceptors (Lipinski definition) is 5. The van der Waals surface area contributed by atoms with Gasteiger partial charge in [-0.3, -0.25) is 0 Å². The lowest BCUT2D eigenvalue weighted by Gasteiger charge is -2.34. The standard InChI is InChI=1S/C22H23ClN4O2S/c1-2-17-3-9-20(10-4-17)30(28,29)27-15-13-26(14-16-27)22-12-11-21(24-25-22)18-5-7-19(23)8-6-18/h3-12H,2,13-16H2,1H3. The summed E-state index contributed by atoms with van der Waals surface area (Å²) < 4.78 is 27.4. The van der Waals surface area contributed by atoms with Crippen LogP contribution in [0.2, 0.25) is 5.02 Å². The minimum Gasteiger partial charge on any atom is -0.352 e. The third-order valence-electron chi connectivity index (χ3n) is 5.32. The number of aryl methyl sites for hydroxylation is 1. The van der Waals surface area contributed by atoms with Gasteiger partial charge in [-0.1, -0.05) is 42.8 Å². The molecule has 30 heavy (non-hydrogen) atoms. The van der Waals surface area contributed by atoms with Gasteiger partial charge in [-0.05, 0) is 48.4 Å². The fourth-order valence-electron chi connectivity index (χ4n) is 3.47. The summed E-state index contributed by atoms with van der Waals surface area (Å²) in [5.41, 5.74) is 2.84. The maximum Gasteiger partial charge on any atom is 0.243 e. The smallest absolute Gasteiger partial charge is 0.243 e. The van der Waals surface area contributed by atoms with Crippen molar-refractivity contribution >= 4 is 27.4 Å². The highest BCUT2D eigenvalue weighted by molar-refractivity contribution is 7.89. The maximum atomic E-state index is 12.9. The Balaban J connectivity index is 1.42. The first-order chi connectivity index (χ1) is 14.5. The van der Waals surface area contributed by atoms with Crippen molar-refractivity contribution in [3.63, 3.8) is 0 Å². The molecule has 0 radical (unpaired) electrons. The lowest BCUT2D eigenvalue weighted by Crippen LogP contribution is -2.49. The van der Waals surface area contributed by atoms with Crippen LogP contribution in [0.5, 0.6) is 0 Å². The second-order valence-corrected chi connectivity index (χ2v) is 9.55. The van der Waals surface area contributed by atoms with Gasteiger partial charge in [0.25, 0.3) is 0 Å². The molecular weight excluding hydrogens is 420 g/mol. The van der Waals surface area contributed by atoms with E-state index in [1.807, 2.05) is 55.5 Å². The molecule has 4 rings (SSSR count). The first kappa shape index (κ1) is 20.8. The highest BCUT2D eigenvalue weighted by Gasteiger charge is 2.29. The van der Waals surface area contributed by atoms with E-state index >= 15 is 0 Å². The molecule has 8 heteroatoms. The largest absolute Gasteiger partial charge is 0.352 e. The lowest BCUT2D eigenvalue weighted by atomic mass is 10.1. The minimum atomic E-state index is -3.48. The molecule has 0 amide bonds. The number of hydrogen-bond donors (Lipinski definition) is 0. The number of piperazine rings is 1. The topological polar surface area (TPSA) is 66.4 Å². The normalized spacial score (nSPS) is 15.3. The van der Waals surface area contributed by atoms with Crippen LogP contribution in [-0.4, -0.2) is 49.1 Å². The third-order valence-corrected chi connectivity index (χ3v) is 7.49. The number of nitrogens with zero attached hydrogens (tertiary/aromatic N) is 4. The predicted molar refractivity (Wildman–Crippen MR) is 119 cm³/mol. The molecule has 1 fully saturated rings. The Kier molecular flexibility index (Phi) is 6.04. The van der Waals surface area contributed by atoms with Gasteiger partial charge in [0.05, 0.1) is 10.6 Å². The van der Waals surface area contributed by atoms with Crippen LogP contribution in [0.25, 0.3) is 11.3 Å². The van der Waals surface area contributed by atoms with E-state index in [2.05, 4.69) is 15.1 Å². The van der Waals surface area contributed by atoms with Crippen LogP contribution in [0.4, 0.5) is 5.82 Å². The summed E-state index contributed by atoms with van der Waals surface area (Å²) >= 11 is 5.93. The highest BCUT2D eigenvalue weighted by Crippen LogP contribution is 2.23. The number of benzene rings is 2. The van der Waals surface area contributed by atoms with Crippen molar-refractivity contribution in [2.24, 2.45) is 0 Å². The van der Waals surface area contributed by atoms with E-state index in [1.165, 1.54) is 0 Å². The van der Waals surface area contributed by atoms with Crippen molar-refractivity contribution in [2.75, 3.05) is 31.1 Å². The fourth-order valence-corrected chi connectivity index (χ4v) is 5.02. The van der Waals surface area contributed by atoms with Crippen molar-refractivity contribution in [2.45, 2.75) is 18.2 Å². The Morgan fingerprint density at radius 2 is 1.53 bits per heavy atom. The highest BCUT2D eigenvalue weighted by atomic mass is 35.5. The van der Waals surface area contributed by atoms with Gasteiger partial charge >= 0.3 is 0 Å². The zero-order valence-corrected chi connectivity index (χ0v) is 18.3. The van der Waals surface area contributed by atoms with Gasteiger partial charge < -0.3 is 4.90 Å². The first-order valence-electron chi connectivity index (χ1n) is 9.91. The molecule has 0 aliphatic carbocycles. The quantitative estimate of drug-likeness (QED) is 0.600. The molecule has 0 saturated carbocycles. The number of aromatic nitrogens is 2. The Hall–Kier alpha value is -2.48. The summed E-state index contributed by atoms with van der Waals surface area (Å²) in [5.74, 6) is 0.747. The van der Waals surface area contributed by atoms with E-state index in [4.69, 9.17) is 11.6 Å². The van der Waals surface area contributed by atoms with Crippen molar-refractivity contribution in [3.05, 3.63) is 71.2 Å². The Morgan fingerprint density at radius 1 is 0.867 bits per heavy atom. The molecule has 3 aromatic rings. The number of halogens is 1. The van der Waals surface area contributed by atoms with Crippen LogP contribution >= 0.6 is 11.6 Å². The molecule has 1 aromatic heterocycles. The zero-order valence-electron chi connectivity index (χ0n) is 16.7. The predicted octanol–water partition coefficient (Wildman–Crippen LogP) is 3.87. The van der Waals surface area contributed by atoms with E-state index in [1.54, 1.807) is 16.4 Å². The molecule has 0 bridgehead atoms. The molecule has 0 unspecified atom stereocenters. The van der Waals surface area contributed by atoms with Crippen molar-refractivity contribution < 1.29 is 8.42 Å². The molecule has 0 atom stereocenters. The van der Waals surface area contributed by atoms with Crippen LogP contribution in [-0.2, 0) is 16.4 Å². The Morgan fingerprint density at radius 3 is 2.10 bits per heavy atom. The van der Waals surface area contributed by atoms with Gasteiger partial charge in [-0.15, -0.1) is 10.2 Å². The summed E-state index contributed by atoms with van der Waals surface area (Å²) in [6, 6.07) is 18.4. The number of sulfonamides is 1.